The molecule has 0 bridgehead atoms. The smallest absolute Gasteiger partial charge is 0.119 e. The van der Waals surface area contributed by atoms with Crippen molar-refractivity contribution in [2.24, 2.45) is 0 Å². The van der Waals surface area contributed by atoms with E-state index in [2.05, 4.69) is 125 Å². The van der Waals surface area contributed by atoms with E-state index in [0.717, 1.165) is 17.2 Å². The molecule has 0 radical (unpaired) electrons. The number of hydrogen-bond donors (Lipinski definition) is 0. The van der Waals surface area contributed by atoms with Gasteiger partial charge in [-0.15, -0.1) is 0 Å². The molecule has 0 spiro atoms. The molecule has 0 amide bonds. The van der Waals surface area contributed by atoms with Crippen LogP contribution in [-0.4, -0.2) is 0 Å². The fourth-order valence-corrected chi connectivity index (χ4v) is 5.18. The summed E-state index contributed by atoms with van der Waals surface area (Å²) in [4.78, 5) is 0. The molecule has 4 aromatic rings. The maximum absolute atomic E-state index is 6.22. The van der Waals surface area contributed by atoms with E-state index < -0.39 is 0 Å². The molecule has 4 aromatic carbocycles. The Hall–Kier alpha value is -1.53. The van der Waals surface area contributed by atoms with Gasteiger partial charge in [0.25, 0.3) is 0 Å². The van der Waals surface area contributed by atoms with E-state index in [4.69, 9.17) is 14.2 Å². The predicted octanol–water partition coefficient (Wildman–Crippen LogP) is 9.16. The molecule has 0 heterocycles. The maximum Gasteiger partial charge on any atom is 0.119 e. The second kappa shape index (κ2) is 12.8. The highest BCUT2D eigenvalue weighted by molar-refractivity contribution is 14.1. The van der Waals surface area contributed by atoms with Gasteiger partial charge in [0.05, 0.1) is 0 Å². The molecule has 36 heavy (non-hydrogen) atoms. The lowest BCUT2D eigenvalue weighted by atomic mass is 9.89. The molecule has 0 saturated heterocycles. The van der Waals surface area contributed by atoms with Gasteiger partial charge in [-0.2, -0.15) is 0 Å². The molecule has 3 nitrogen and oxygen atoms in total. The van der Waals surface area contributed by atoms with Crippen LogP contribution in [0.1, 0.15) is 33.4 Å². The molecule has 0 unspecified atom stereocenters. The van der Waals surface area contributed by atoms with Crippen LogP contribution >= 0.6 is 67.8 Å². The Balaban J connectivity index is 1.64. The van der Waals surface area contributed by atoms with Gasteiger partial charge in [0, 0.05) is 10.7 Å². The molecule has 0 aromatic heterocycles. The summed E-state index contributed by atoms with van der Waals surface area (Å²) < 4.78 is 22.2. The fraction of sp³-hybridized carbons (Fsp3) is 0.200. The van der Waals surface area contributed by atoms with Crippen molar-refractivity contribution >= 4 is 67.8 Å². The molecule has 0 N–H and O–H groups in total. The SMILES string of the molecule is Cc1c(COc2ccc(I)cc2)c(C)c(COc2ccc(I)cc2)c(C)c1COc1ccc(I)cc1. The second-order valence-corrected chi connectivity index (χ2v) is 12.3. The molecule has 0 aliphatic carbocycles. The Bertz CT molecular complexity index is 1130. The van der Waals surface area contributed by atoms with Gasteiger partial charge in [0.15, 0.2) is 0 Å². The van der Waals surface area contributed by atoms with Crippen LogP contribution in [0, 0.1) is 31.5 Å². The first-order valence-corrected chi connectivity index (χ1v) is 14.8. The minimum atomic E-state index is 0.492. The number of hydrogen-bond acceptors (Lipinski definition) is 3. The number of benzene rings is 4. The summed E-state index contributed by atoms with van der Waals surface area (Å²) >= 11 is 6.92. The van der Waals surface area contributed by atoms with Crippen molar-refractivity contribution in [3.63, 3.8) is 0 Å². The van der Waals surface area contributed by atoms with E-state index in [1.807, 2.05) is 36.4 Å². The third kappa shape index (κ3) is 7.06. The van der Waals surface area contributed by atoms with E-state index in [0.29, 0.717) is 19.8 Å². The lowest BCUT2D eigenvalue weighted by molar-refractivity contribution is 0.290. The zero-order valence-electron chi connectivity index (χ0n) is 20.4. The highest BCUT2D eigenvalue weighted by Gasteiger charge is 2.19. The molecule has 0 aliphatic heterocycles. The number of rotatable bonds is 9. The molecule has 0 saturated carbocycles. The van der Waals surface area contributed by atoms with Crippen molar-refractivity contribution < 1.29 is 14.2 Å². The van der Waals surface area contributed by atoms with Crippen LogP contribution in [0.4, 0.5) is 0 Å². The molecule has 0 fully saturated rings. The summed E-state index contributed by atoms with van der Waals surface area (Å²) in [6.07, 6.45) is 0. The summed E-state index contributed by atoms with van der Waals surface area (Å²) in [5.74, 6) is 2.59. The highest BCUT2D eigenvalue weighted by Crippen LogP contribution is 2.31. The number of ether oxygens (including phenoxy) is 3. The standard InChI is InChI=1S/C30H27I3O3/c1-19-28(16-34-25-10-4-22(31)5-11-25)20(2)30(18-36-27-14-8-24(33)9-15-27)21(3)29(19)17-35-26-12-6-23(32)7-13-26/h4-15H,16-18H2,1-3H3. The van der Waals surface area contributed by atoms with Crippen molar-refractivity contribution in [2.75, 3.05) is 0 Å². The van der Waals surface area contributed by atoms with E-state index in [-0.39, 0.29) is 0 Å². The van der Waals surface area contributed by atoms with E-state index in [9.17, 15) is 0 Å². The van der Waals surface area contributed by atoms with Crippen LogP contribution in [0.2, 0.25) is 0 Å². The van der Waals surface area contributed by atoms with E-state index in [1.54, 1.807) is 0 Å². The topological polar surface area (TPSA) is 27.7 Å². The first-order valence-electron chi connectivity index (χ1n) is 11.6. The van der Waals surface area contributed by atoms with Crippen LogP contribution in [-0.2, 0) is 19.8 Å². The fourth-order valence-electron chi connectivity index (χ4n) is 4.10. The Morgan fingerprint density at radius 1 is 0.417 bits per heavy atom. The average molecular weight is 816 g/mol. The largest absolute Gasteiger partial charge is 0.489 e. The van der Waals surface area contributed by atoms with Gasteiger partial charge in [-0.1, -0.05) is 0 Å². The minimum Gasteiger partial charge on any atom is -0.489 e. The third-order valence-corrected chi connectivity index (χ3v) is 8.46. The van der Waals surface area contributed by atoms with Crippen LogP contribution in [0.5, 0.6) is 17.2 Å². The molecule has 4 rings (SSSR count). The Kier molecular flexibility index (Phi) is 9.79. The van der Waals surface area contributed by atoms with Crippen LogP contribution < -0.4 is 14.2 Å². The van der Waals surface area contributed by atoms with Gasteiger partial charge in [-0.25, -0.2) is 0 Å². The van der Waals surface area contributed by atoms with Crippen molar-refractivity contribution in [3.8, 4) is 17.2 Å². The van der Waals surface area contributed by atoms with Gasteiger partial charge in [-0.3, -0.25) is 0 Å². The van der Waals surface area contributed by atoms with Crippen molar-refractivity contribution in [2.45, 2.75) is 40.6 Å². The number of halogens is 3. The summed E-state index contributed by atoms with van der Waals surface area (Å²) in [6, 6.07) is 24.5. The van der Waals surface area contributed by atoms with Gasteiger partial charge < -0.3 is 14.2 Å². The molecule has 0 aliphatic rings. The summed E-state index contributed by atoms with van der Waals surface area (Å²) in [5.41, 5.74) is 7.17. The zero-order chi connectivity index (χ0) is 25.7. The van der Waals surface area contributed by atoms with Crippen molar-refractivity contribution in [1.82, 2.24) is 0 Å². The molecule has 186 valence electrons. The average Bonchev–Trinajstić information content (AvgIpc) is 2.87. The van der Waals surface area contributed by atoms with Crippen LogP contribution in [0.3, 0.4) is 0 Å². The first kappa shape index (κ1) is 27.5. The Morgan fingerprint density at radius 2 is 0.639 bits per heavy atom. The zero-order valence-corrected chi connectivity index (χ0v) is 26.9. The van der Waals surface area contributed by atoms with Crippen molar-refractivity contribution in [1.29, 1.82) is 0 Å². The monoisotopic (exact) mass is 816 g/mol. The lowest BCUT2D eigenvalue weighted by Crippen LogP contribution is -2.13. The van der Waals surface area contributed by atoms with Crippen LogP contribution in [0.15, 0.2) is 72.8 Å². The Labute approximate surface area is 254 Å². The van der Waals surface area contributed by atoms with E-state index in [1.165, 1.54) is 44.1 Å². The molecule has 6 heteroatoms. The van der Waals surface area contributed by atoms with Gasteiger partial charge in [-0.05, 0) is 195 Å². The van der Waals surface area contributed by atoms with Gasteiger partial charge >= 0.3 is 0 Å². The summed E-state index contributed by atoms with van der Waals surface area (Å²) in [5, 5.41) is 0. The second-order valence-electron chi connectivity index (χ2n) is 8.54. The Morgan fingerprint density at radius 3 is 0.861 bits per heavy atom. The van der Waals surface area contributed by atoms with Gasteiger partial charge in [0.2, 0.25) is 0 Å². The first-order chi connectivity index (χ1) is 17.3. The van der Waals surface area contributed by atoms with E-state index >= 15 is 0 Å². The predicted molar refractivity (Wildman–Crippen MR) is 171 cm³/mol. The minimum absolute atomic E-state index is 0.492. The molecular formula is C30H27I3O3. The summed E-state index contributed by atoms with van der Waals surface area (Å²) in [6.45, 7) is 7.98. The highest BCUT2D eigenvalue weighted by atomic mass is 127. The lowest BCUT2D eigenvalue weighted by Gasteiger charge is -2.23. The molecule has 0 atom stereocenters. The van der Waals surface area contributed by atoms with Gasteiger partial charge in [0.1, 0.15) is 37.1 Å². The molecular weight excluding hydrogens is 789 g/mol. The maximum atomic E-state index is 6.22. The normalized spacial score (nSPS) is 10.8. The quantitative estimate of drug-likeness (QED) is 0.158. The summed E-state index contributed by atoms with van der Waals surface area (Å²) in [7, 11) is 0. The van der Waals surface area contributed by atoms with Crippen molar-refractivity contribution in [3.05, 3.63) is 117 Å². The van der Waals surface area contributed by atoms with Crippen LogP contribution in [0.25, 0.3) is 0 Å². The third-order valence-electron chi connectivity index (χ3n) is 6.31.